The Morgan fingerprint density at radius 1 is 1.16 bits per heavy atom. The molecule has 1 atom stereocenters. The van der Waals surface area contributed by atoms with Crippen LogP contribution in [-0.2, 0) is 9.53 Å². The van der Waals surface area contributed by atoms with Crippen molar-refractivity contribution in [3.05, 3.63) is 66.2 Å². The van der Waals surface area contributed by atoms with E-state index in [4.69, 9.17) is 14.5 Å². The first-order chi connectivity index (χ1) is 15.2. The van der Waals surface area contributed by atoms with Gasteiger partial charge in [0.2, 0.25) is 0 Å². The monoisotopic (exact) mass is 432 g/mol. The van der Waals surface area contributed by atoms with Gasteiger partial charge >= 0.3 is 0 Å². The highest BCUT2D eigenvalue weighted by Crippen LogP contribution is 2.31. The van der Waals surface area contributed by atoms with E-state index in [0.717, 1.165) is 40.4 Å². The van der Waals surface area contributed by atoms with E-state index in [1.54, 1.807) is 4.90 Å². The molecular formula is C25H24N2O3S. The van der Waals surface area contributed by atoms with Crippen molar-refractivity contribution in [3.63, 3.8) is 0 Å². The number of aryl methyl sites for hydroxylation is 1. The van der Waals surface area contributed by atoms with Gasteiger partial charge in [-0.2, -0.15) is 0 Å². The lowest BCUT2D eigenvalue weighted by Crippen LogP contribution is -2.40. The van der Waals surface area contributed by atoms with Crippen LogP contribution in [0.4, 0.5) is 5.13 Å². The number of carbonyl (C=O) groups excluding carboxylic acids is 1. The number of aromatic nitrogens is 1. The van der Waals surface area contributed by atoms with E-state index < -0.39 is 0 Å². The first kappa shape index (κ1) is 20.0. The van der Waals surface area contributed by atoms with Crippen LogP contribution in [0.25, 0.3) is 21.0 Å². The lowest BCUT2D eigenvalue weighted by atomic mass is 10.1. The third-order valence-electron chi connectivity index (χ3n) is 5.56. The maximum absolute atomic E-state index is 13.2. The van der Waals surface area contributed by atoms with Crippen molar-refractivity contribution in [2.75, 3.05) is 24.7 Å². The average Bonchev–Trinajstić information content (AvgIpc) is 3.45. The van der Waals surface area contributed by atoms with Crippen molar-refractivity contribution in [1.29, 1.82) is 0 Å². The van der Waals surface area contributed by atoms with Crippen LogP contribution in [0.15, 0.2) is 60.7 Å². The van der Waals surface area contributed by atoms with Crippen molar-refractivity contribution < 1.29 is 14.3 Å². The van der Waals surface area contributed by atoms with Crippen molar-refractivity contribution in [2.24, 2.45) is 0 Å². The summed E-state index contributed by atoms with van der Waals surface area (Å²) in [5, 5.41) is 2.93. The summed E-state index contributed by atoms with van der Waals surface area (Å²) in [7, 11) is 0. The largest absolute Gasteiger partial charge is 0.484 e. The number of ether oxygens (including phenoxy) is 2. The van der Waals surface area contributed by atoms with E-state index in [1.165, 1.54) is 16.9 Å². The predicted molar refractivity (Wildman–Crippen MR) is 125 cm³/mol. The second kappa shape index (κ2) is 8.65. The minimum absolute atomic E-state index is 0.0402. The van der Waals surface area contributed by atoms with E-state index in [0.29, 0.717) is 17.4 Å². The third kappa shape index (κ3) is 4.40. The van der Waals surface area contributed by atoms with Gasteiger partial charge in [-0.3, -0.25) is 9.69 Å². The molecule has 1 aliphatic heterocycles. The lowest BCUT2D eigenvalue weighted by Gasteiger charge is -2.23. The molecule has 1 aromatic heterocycles. The Morgan fingerprint density at radius 2 is 2.03 bits per heavy atom. The molecule has 4 aromatic rings. The van der Waals surface area contributed by atoms with E-state index in [-0.39, 0.29) is 18.6 Å². The summed E-state index contributed by atoms with van der Waals surface area (Å²) in [6, 6.07) is 20.1. The zero-order valence-electron chi connectivity index (χ0n) is 17.4. The molecule has 1 amide bonds. The van der Waals surface area contributed by atoms with Gasteiger partial charge in [-0.25, -0.2) is 4.98 Å². The summed E-state index contributed by atoms with van der Waals surface area (Å²) >= 11 is 1.54. The first-order valence-corrected chi connectivity index (χ1v) is 11.4. The Bertz CT molecular complexity index is 1230. The molecule has 0 saturated carbocycles. The van der Waals surface area contributed by atoms with Gasteiger partial charge < -0.3 is 9.47 Å². The molecule has 0 bridgehead atoms. The summed E-state index contributed by atoms with van der Waals surface area (Å²) in [5.41, 5.74) is 2.09. The van der Waals surface area contributed by atoms with Crippen molar-refractivity contribution in [3.8, 4) is 5.75 Å². The second-order valence-corrected chi connectivity index (χ2v) is 8.91. The fourth-order valence-electron chi connectivity index (χ4n) is 3.89. The fourth-order valence-corrected chi connectivity index (χ4v) is 4.98. The Labute approximate surface area is 185 Å². The van der Waals surface area contributed by atoms with Gasteiger partial charge in [0.05, 0.1) is 22.9 Å². The minimum Gasteiger partial charge on any atom is -0.484 e. The number of fused-ring (bicyclic) bond motifs is 2. The molecule has 31 heavy (non-hydrogen) atoms. The Morgan fingerprint density at radius 3 is 2.87 bits per heavy atom. The molecular weight excluding hydrogens is 408 g/mol. The zero-order chi connectivity index (χ0) is 21.2. The normalized spacial score (nSPS) is 16.1. The van der Waals surface area contributed by atoms with E-state index in [2.05, 4.69) is 19.1 Å². The molecule has 0 N–H and O–H groups in total. The summed E-state index contributed by atoms with van der Waals surface area (Å²) in [5.74, 6) is 0.573. The van der Waals surface area contributed by atoms with Gasteiger partial charge in [-0.1, -0.05) is 47.7 Å². The van der Waals surface area contributed by atoms with Crippen LogP contribution >= 0.6 is 11.3 Å². The summed E-state index contributed by atoms with van der Waals surface area (Å²) in [4.78, 5) is 19.7. The number of anilines is 1. The molecule has 3 aromatic carbocycles. The highest BCUT2D eigenvalue weighted by molar-refractivity contribution is 7.22. The first-order valence-electron chi connectivity index (χ1n) is 10.6. The molecule has 6 heteroatoms. The van der Waals surface area contributed by atoms with Crippen LogP contribution in [0.3, 0.4) is 0 Å². The number of amides is 1. The van der Waals surface area contributed by atoms with E-state index in [9.17, 15) is 4.79 Å². The smallest absolute Gasteiger partial charge is 0.266 e. The number of benzene rings is 3. The Balaban J connectivity index is 1.37. The van der Waals surface area contributed by atoms with Crippen LogP contribution in [0.2, 0.25) is 0 Å². The molecule has 0 radical (unpaired) electrons. The summed E-state index contributed by atoms with van der Waals surface area (Å²) in [6.45, 7) is 3.27. The third-order valence-corrected chi connectivity index (χ3v) is 6.60. The number of carbonyl (C=O) groups is 1. The van der Waals surface area contributed by atoms with Gasteiger partial charge in [-0.05, 0) is 60.4 Å². The van der Waals surface area contributed by atoms with Gasteiger partial charge in [-0.15, -0.1) is 0 Å². The van der Waals surface area contributed by atoms with Crippen molar-refractivity contribution in [2.45, 2.75) is 25.9 Å². The van der Waals surface area contributed by atoms with Crippen molar-refractivity contribution in [1.82, 2.24) is 4.98 Å². The summed E-state index contributed by atoms with van der Waals surface area (Å²) in [6.07, 6.45) is 2.02. The maximum atomic E-state index is 13.2. The molecule has 1 saturated heterocycles. The molecule has 0 aliphatic carbocycles. The number of thiazole rings is 1. The summed E-state index contributed by atoms with van der Waals surface area (Å²) < 4.78 is 12.8. The van der Waals surface area contributed by atoms with Crippen molar-refractivity contribution >= 4 is 43.4 Å². The Hall–Kier alpha value is -2.96. The number of hydrogen-bond acceptors (Lipinski definition) is 5. The van der Waals surface area contributed by atoms with Gasteiger partial charge in [0.25, 0.3) is 5.91 Å². The average molecular weight is 433 g/mol. The molecule has 1 aliphatic rings. The van der Waals surface area contributed by atoms with Crippen LogP contribution in [0, 0.1) is 6.92 Å². The van der Waals surface area contributed by atoms with Gasteiger partial charge in [0.1, 0.15) is 5.75 Å². The van der Waals surface area contributed by atoms with Crippen LogP contribution in [-0.4, -0.2) is 36.8 Å². The molecule has 0 spiro atoms. The fraction of sp³-hybridized carbons (Fsp3) is 0.280. The van der Waals surface area contributed by atoms with Gasteiger partial charge in [0, 0.05) is 6.61 Å². The second-order valence-electron chi connectivity index (χ2n) is 7.90. The van der Waals surface area contributed by atoms with Gasteiger partial charge in [0.15, 0.2) is 11.7 Å². The van der Waals surface area contributed by atoms with E-state index >= 15 is 0 Å². The molecule has 158 valence electrons. The highest BCUT2D eigenvalue weighted by Gasteiger charge is 2.26. The van der Waals surface area contributed by atoms with Crippen LogP contribution in [0.5, 0.6) is 5.75 Å². The molecule has 1 unspecified atom stereocenters. The topological polar surface area (TPSA) is 51.7 Å². The minimum atomic E-state index is -0.112. The molecule has 5 rings (SSSR count). The quantitative estimate of drug-likeness (QED) is 0.412. The SMILES string of the molecule is Cc1ccc2nc(N(CC3CCCO3)C(=O)COc3ccc4ccccc4c3)sc2c1. The molecule has 5 nitrogen and oxygen atoms in total. The van der Waals surface area contributed by atoms with Crippen LogP contribution < -0.4 is 9.64 Å². The van der Waals surface area contributed by atoms with E-state index in [1.807, 2.05) is 48.5 Å². The lowest BCUT2D eigenvalue weighted by molar-refractivity contribution is -0.120. The number of hydrogen-bond donors (Lipinski definition) is 0. The Kier molecular flexibility index (Phi) is 5.57. The predicted octanol–water partition coefficient (Wildman–Crippen LogP) is 5.35. The van der Waals surface area contributed by atoms with Crippen LogP contribution in [0.1, 0.15) is 18.4 Å². The standard InChI is InChI=1S/C25H24N2O3S/c1-17-8-11-22-23(13-17)31-25(26-22)27(15-21-7-4-12-29-21)24(28)16-30-20-10-9-18-5-2-3-6-19(18)14-20/h2-3,5-6,8-11,13-14,21H,4,7,12,15-16H2,1H3. The number of rotatable bonds is 6. The maximum Gasteiger partial charge on any atom is 0.266 e. The zero-order valence-corrected chi connectivity index (χ0v) is 18.2. The molecule has 1 fully saturated rings. The molecule has 2 heterocycles. The highest BCUT2D eigenvalue weighted by atomic mass is 32.1. The number of nitrogens with zero attached hydrogens (tertiary/aromatic N) is 2.